The Morgan fingerprint density at radius 3 is 3.06 bits per heavy atom. The van der Waals surface area contributed by atoms with E-state index in [9.17, 15) is 9.18 Å². The number of halogens is 1. The number of aromatic nitrogens is 1. The van der Waals surface area contributed by atoms with E-state index in [1.807, 2.05) is 0 Å². The predicted octanol–water partition coefficient (Wildman–Crippen LogP) is 0.348. The predicted molar refractivity (Wildman–Crippen MR) is 66.6 cm³/mol. The lowest BCUT2D eigenvalue weighted by atomic mass is 10.2. The summed E-state index contributed by atoms with van der Waals surface area (Å²) < 4.78 is 18.3. The van der Waals surface area contributed by atoms with Crippen LogP contribution in [-0.2, 0) is 4.74 Å². The first-order valence-corrected chi connectivity index (χ1v) is 5.79. The van der Waals surface area contributed by atoms with Crippen LogP contribution in [0.15, 0.2) is 18.5 Å². The van der Waals surface area contributed by atoms with E-state index in [0.717, 1.165) is 12.3 Å². The second kappa shape index (κ2) is 5.36. The zero-order chi connectivity index (χ0) is 13.1. The fraction of sp³-hybridized carbons (Fsp3) is 0.364. The van der Waals surface area contributed by atoms with Gasteiger partial charge in [0.05, 0.1) is 24.9 Å². The van der Waals surface area contributed by atoms with Gasteiger partial charge in [0.15, 0.2) is 0 Å². The van der Waals surface area contributed by atoms with Crippen LogP contribution >= 0.6 is 12.2 Å². The molecule has 0 radical (unpaired) electrons. The molecule has 2 rings (SSSR count). The molecule has 1 fully saturated rings. The Bertz CT molecular complexity index is 483. The number of carbonyl (C=O) groups is 1. The number of thiocarbonyl (C=S) groups is 1. The van der Waals surface area contributed by atoms with Crippen LogP contribution in [0.5, 0.6) is 0 Å². The van der Waals surface area contributed by atoms with Crippen molar-refractivity contribution in [3.63, 3.8) is 0 Å². The van der Waals surface area contributed by atoms with Crippen LogP contribution in [0.3, 0.4) is 0 Å². The van der Waals surface area contributed by atoms with Crippen LogP contribution in [0.25, 0.3) is 0 Å². The number of nitrogens with zero attached hydrogens (tertiary/aromatic N) is 2. The first kappa shape index (κ1) is 12.8. The summed E-state index contributed by atoms with van der Waals surface area (Å²) in [4.78, 5) is 17.5. The van der Waals surface area contributed by atoms with Gasteiger partial charge in [-0.1, -0.05) is 12.2 Å². The van der Waals surface area contributed by atoms with Crippen molar-refractivity contribution in [1.29, 1.82) is 0 Å². The maximum absolute atomic E-state index is 13.0. The molecule has 0 spiro atoms. The Hall–Kier alpha value is -1.60. The van der Waals surface area contributed by atoms with Crippen molar-refractivity contribution in [1.82, 2.24) is 9.88 Å². The van der Waals surface area contributed by atoms with Crippen molar-refractivity contribution >= 4 is 23.1 Å². The Balaban J connectivity index is 2.11. The number of nitrogens with two attached hydrogens (primary N) is 1. The molecule has 1 aromatic heterocycles. The monoisotopic (exact) mass is 269 g/mol. The third kappa shape index (κ3) is 2.80. The highest BCUT2D eigenvalue weighted by Gasteiger charge is 2.26. The van der Waals surface area contributed by atoms with E-state index in [1.165, 1.54) is 11.1 Å². The van der Waals surface area contributed by atoms with E-state index in [4.69, 9.17) is 22.7 Å². The Morgan fingerprint density at radius 1 is 1.61 bits per heavy atom. The summed E-state index contributed by atoms with van der Waals surface area (Å²) in [5.74, 6) is -0.841. The molecule has 0 aromatic carbocycles. The van der Waals surface area contributed by atoms with Crippen LogP contribution in [0, 0.1) is 5.82 Å². The highest BCUT2D eigenvalue weighted by molar-refractivity contribution is 7.80. The van der Waals surface area contributed by atoms with E-state index < -0.39 is 11.9 Å². The summed E-state index contributed by atoms with van der Waals surface area (Å²) in [6.07, 6.45) is 1.93. The maximum atomic E-state index is 13.0. The smallest absolute Gasteiger partial charge is 0.255 e. The van der Waals surface area contributed by atoms with Crippen LogP contribution in [-0.4, -0.2) is 46.6 Å². The average molecular weight is 269 g/mol. The van der Waals surface area contributed by atoms with Gasteiger partial charge in [-0.05, 0) is 6.07 Å². The van der Waals surface area contributed by atoms with Crippen molar-refractivity contribution in [3.8, 4) is 0 Å². The largest absolute Gasteiger partial charge is 0.391 e. The summed E-state index contributed by atoms with van der Waals surface area (Å²) in [6, 6.07) is 1.15. The zero-order valence-corrected chi connectivity index (χ0v) is 10.3. The molecule has 0 bridgehead atoms. The summed E-state index contributed by atoms with van der Waals surface area (Å²) >= 11 is 4.83. The molecule has 5 nitrogen and oxygen atoms in total. The summed E-state index contributed by atoms with van der Waals surface area (Å²) in [7, 11) is 0. The number of carbonyl (C=O) groups excluding carboxylic acids is 1. The number of amides is 1. The van der Waals surface area contributed by atoms with Crippen molar-refractivity contribution in [3.05, 3.63) is 29.8 Å². The van der Waals surface area contributed by atoms with Crippen LogP contribution < -0.4 is 5.73 Å². The van der Waals surface area contributed by atoms with Gasteiger partial charge in [-0.3, -0.25) is 9.78 Å². The van der Waals surface area contributed by atoms with Gasteiger partial charge in [0, 0.05) is 12.7 Å². The number of rotatable bonds is 2. The fourth-order valence-electron chi connectivity index (χ4n) is 1.72. The molecule has 1 amide bonds. The second-order valence-electron chi connectivity index (χ2n) is 3.90. The number of morpholine rings is 1. The molecule has 2 heterocycles. The molecule has 1 atom stereocenters. The van der Waals surface area contributed by atoms with Gasteiger partial charge < -0.3 is 15.4 Å². The van der Waals surface area contributed by atoms with Gasteiger partial charge in [-0.15, -0.1) is 0 Å². The average Bonchev–Trinajstić information content (AvgIpc) is 2.38. The first-order chi connectivity index (χ1) is 8.58. The molecular formula is C11H12FN3O2S. The lowest BCUT2D eigenvalue weighted by molar-refractivity contribution is 0.00874. The highest BCUT2D eigenvalue weighted by atomic mass is 32.1. The second-order valence-corrected chi connectivity index (χ2v) is 4.38. The minimum absolute atomic E-state index is 0.207. The SMILES string of the molecule is NC(=S)C1CN(C(=O)c2cncc(F)c2)CCO1. The molecule has 7 heteroatoms. The molecule has 1 unspecified atom stereocenters. The van der Waals surface area contributed by atoms with Gasteiger partial charge >= 0.3 is 0 Å². The molecule has 0 aliphatic carbocycles. The minimum Gasteiger partial charge on any atom is -0.391 e. The molecule has 1 aromatic rings. The van der Waals surface area contributed by atoms with Crippen molar-refractivity contribution in [2.75, 3.05) is 19.7 Å². The number of hydrogen-bond acceptors (Lipinski definition) is 4. The molecule has 96 valence electrons. The minimum atomic E-state index is -0.542. The lowest BCUT2D eigenvalue weighted by Crippen LogP contribution is -2.49. The lowest BCUT2D eigenvalue weighted by Gasteiger charge is -2.32. The summed E-state index contributed by atoms with van der Waals surface area (Å²) in [5.41, 5.74) is 5.70. The normalized spacial score (nSPS) is 19.6. The zero-order valence-electron chi connectivity index (χ0n) is 9.51. The van der Waals surface area contributed by atoms with E-state index in [-0.39, 0.29) is 23.0 Å². The van der Waals surface area contributed by atoms with E-state index in [1.54, 1.807) is 0 Å². The summed E-state index contributed by atoms with van der Waals surface area (Å²) in [6.45, 7) is 1.07. The topological polar surface area (TPSA) is 68.5 Å². The van der Waals surface area contributed by atoms with Crippen molar-refractivity contribution in [2.45, 2.75) is 6.10 Å². The first-order valence-electron chi connectivity index (χ1n) is 5.38. The quantitative estimate of drug-likeness (QED) is 0.785. The highest BCUT2D eigenvalue weighted by Crippen LogP contribution is 2.11. The Labute approximate surface area is 109 Å². The Morgan fingerprint density at radius 2 is 2.39 bits per heavy atom. The standard InChI is InChI=1S/C11H12FN3O2S/c12-8-3-7(4-14-5-8)11(16)15-1-2-17-9(6-15)10(13)18/h3-5,9H,1-2,6H2,(H2,13,18). The van der Waals surface area contributed by atoms with E-state index in [0.29, 0.717) is 13.2 Å². The molecule has 1 saturated heterocycles. The maximum Gasteiger partial charge on any atom is 0.255 e. The van der Waals surface area contributed by atoms with Crippen LogP contribution in [0.4, 0.5) is 4.39 Å². The third-order valence-corrected chi connectivity index (χ3v) is 2.89. The molecular weight excluding hydrogens is 257 g/mol. The van der Waals surface area contributed by atoms with E-state index >= 15 is 0 Å². The van der Waals surface area contributed by atoms with Gasteiger partial charge in [0.2, 0.25) is 0 Å². The fourth-order valence-corrected chi connectivity index (χ4v) is 1.86. The molecule has 0 saturated carbocycles. The molecule has 2 N–H and O–H groups in total. The van der Waals surface area contributed by atoms with E-state index in [2.05, 4.69) is 4.98 Å². The van der Waals surface area contributed by atoms with Gasteiger partial charge in [0.1, 0.15) is 16.9 Å². The van der Waals surface area contributed by atoms with Crippen molar-refractivity contribution in [2.24, 2.45) is 5.73 Å². The van der Waals surface area contributed by atoms with Gasteiger partial charge in [-0.2, -0.15) is 0 Å². The molecule has 1 aliphatic heterocycles. The Kier molecular flexibility index (Phi) is 3.83. The van der Waals surface area contributed by atoms with Gasteiger partial charge in [-0.25, -0.2) is 4.39 Å². The van der Waals surface area contributed by atoms with Gasteiger partial charge in [0.25, 0.3) is 5.91 Å². The number of pyridine rings is 1. The van der Waals surface area contributed by atoms with Crippen LogP contribution in [0.1, 0.15) is 10.4 Å². The van der Waals surface area contributed by atoms with Crippen molar-refractivity contribution < 1.29 is 13.9 Å². The van der Waals surface area contributed by atoms with Crippen LogP contribution in [0.2, 0.25) is 0 Å². The number of ether oxygens (including phenoxy) is 1. The molecule has 1 aliphatic rings. The summed E-state index contributed by atoms with van der Waals surface area (Å²) in [5, 5.41) is 0. The number of hydrogen-bond donors (Lipinski definition) is 1. The molecule has 18 heavy (non-hydrogen) atoms. The third-order valence-electron chi connectivity index (χ3n) is 2.62.